The van der Waals surface area contributed by atoms with Crippen LogP contribution in [0.25, 0.3) is 0 Å². The van der Waals surface area contributed by atoms with E-state index in [2.05, 4.69) is 5.32 Å². The Bertz CT molecular complexity index is 1370. The van der Waals surface area contributed by atoms with Crippen LogP contribution in [0.3, 0.4) is 0 Å². The normalized spacial score (nSPS) is 23.4. The first kappa shape index (κ1) is 25.0. The number of fused-ring (bicyclic) bond motifs is 1. The monoisotopic (exact) mass is 526 g/mol. The molecular weight excluding hydrogens is 496 g/mol. The van der Waals surface area contributed by atoms with Crippen LogP contribution in [0.4, 0.5) is 0 Å². The number of hydrogen-bond donors (Lipinski definition) is 1. The van der Waals surface area contributed by atoms with E-state index in [0.29, 0.717) is 11.5 Å². The van der Waals surface area contributed by atoms with Crippen LogP contribution in [0.2, 0.25) is 0 Å². The third-order valence-corrected chi connectivity index (χ3v) is 7.82. The maximum absolute atomic E-state index is 14.1. The summed E-state index contributed by atoms with van der Waals surface area (Å²) in [6.07, 6.45) is 1.56. The number of nitrogens with one attached hydrogen (secondary N) is 1. The van der Waals surface area contributed by atoms with Gasteiger partial charge in [0.05, 0.1) is 19.1 Å². The number of hydrogen-bond acceptors (Lipinski definition) is 6. The van der Waals surface area contributed by atoms with E-state index in [9.17, 15) is 14.4 Å². The van der Waals surface area contributed by atoms with Crippen LogP contribution in [-0.4, -0.2) is 42.6 Å². The van der Waals surface area contributed by atoms with Crippen LogP contribution in [0.5, 0.6) is 11.5 Å². The molecule has 39 heavy (non-hydrogen) atoms. The molecule has 2 amide bonds. The Hall–Kier alpha value is -4.33. The van der Waals surface area contributed by atoms with Crippen LogP contribution < -0.4 is 14.8 Å². The first-order valence-electron chi connectivity index (χ1n) is 13.2. The molecule has 1 saturated carbocycles. The molecule has 2 fully saturated rings. The second-order valence-electron chi connectivity index (χ2n) is 10.2. The molecular formula is C31H30N2O6. The third kappa shape index (κ3) is 4.71. The number of benzene rings is 3. The Morgan fingerprint density at radius 3 is 2.23 bits per heavy atom. The van der Waals surface area contributed by atoms with Crippen molar-refractivity contribution >= 4 is 17.8 Å². The minimum absolute atomic E-state index is 0.0978. The average molecular weight is 527 g/mol. The number of methoxy groups -OCH3 is 1. The topological polar surface area (TPSA) is 94.2 Å². The molecule has 6 rings (SSSR count). The van der Waals surface area contributed by atoms with Gasteiger partial charge in [-0.05, 0) is 41.7 Å². The van der Waals surface area contributed by atoms with Crippen molar-refractivity contribution in [2.75, 3.05) is 13.9 Å². The van der Waals surface area contributed by atoms with E-state index >= 15 is 0 Å². The number of likely N-dealkylation sites (tertiary alicyclic amines) is 1. The Morgan fingerprint density at radius 2 is 1.56 bits per heavy atom. The maximum atomic E-state index is 14.1. The summed E-state index contributed by atoms with van der Waals surface area (Å²) in [6, 6.07) is 22.9. The predicted octanol–water partition coefficient (Wildman–Crippen LogP) is 3.97. The van der Waals surface area contributed by atoms with Crippen LogP contribution in [0.15, 0.2) is 78.9 Å². The average Bonchev–Trinajstić information content (AvgIpc) is 3.62. The molecule has 0 aromatic heterocycles. The standard InChI is InChI=1S/C31H30N2O6/c1-37-31(36)26-25(20-8-4-2-5-9-20)28(29(34)32-17-19-12-15-23-24(16-19)39-18-38-23)33(30(35)22-13-14-22)27(26)21-10-6-3-7-11-21/h2-12,15-16,22,25-28H,13-14,17-18H2,1H3,(H,32,34). The minimum atomic E-state index is -0.899. The number of amides is 2. The molecule has 200 valence electrons. The quantitative estimate of drug-likeness (QED) is 0.469. The molecule has 1 N–H and O–H groups in total. The first-order valence-corrected chi connectivity index (χ1v) is 13.2. The van der Waals surface area contributed by atoms with Gasteiger partial charge in [-0.3, -0.25) is 14.4 Å². The Kier molecular flexibility index (Phi) is 6.69. The molecule has 8 nitrogen and oxygen atoms in total. The third-order valence-electron chi connectivity index (χ3n) is 7.82. The van der Waals surface area contributed by atoms with Gasteiger partial charge in [0.25, 0.3) is 0 Å². The van der Waals surface area contributed by atoms with Gasteiger partial charge in [-0.15, -0.1) is 0 Å². The van der Waals surface area contributed by atoms with Crippen molar-refractivity contribution in [2.45, 2.75) is 37.4 Å². The van der Waals surface area contributed by atoms with Gasteiger partial charge in [-0.1, -0.05) is 66.7 Å². The molecule has 4 atom stereocenters. The smallest absolute Gasteiger partial charge is 0.311 e. The zero-order chi connectivity index (χ0) is 26.9. The van der Waals surface area contributed by atoms with Crippen molar-refractivity contribution in [3.63, 3.8) is 0 Å². The Labute approximate surface area is 226 Å². The van der Waals surface area contributed by atoms with E-state index in [0.717, 1.165) is 29.5 Å². The molecule has 2 heterocycles. The molecule has 1 aliphatic carbocycles. The summed E-state index contributed by atoms with van der Waals surface area (Å²) in [7, 11) is 1.35. The van der Waals surface area contributed by atoms with Crippen molar-refractivity contribution < 1.29 is 28.6 Å². The van der Waals surface area contributed by atoms with E-state index in [1.165, 1.54) is 7.11 Å². The van der Waals surface area contributed by atoms with Gasteiger partial charge in [0.2, 0.25) is 18.6 Å². The molecule has 0 radical (unpaired) electrons. The fraction of sp³-hybridized carbons (Fsp3) is 0.323. The fourth-order valence-corrected chi connectivity index (χ4v) is 5.86. The van der Waals surface area contributed by atoms with E-state index in [1.54, 1.807) is 4.90 Å². The zero-order valence-corrected chi connectivity index (χ0v) is 21.6. The van der Waals surface area contributed by atoms with Gasteiger partial charge in [-0.25, -0.2) is 0 Å². The van der Waals surface area contributed by atoms with E-state index < -0.39 is 29.9 Å². The first-order chi connectivity index (χ1) is 19.1. The van der Waals surface area contributed by atoms with Crippen molar-refractivity contribution in [3.8, 4) is 11.5 Å². The van der Waals surface area contributed by atoms with Crippen molar-refractivity contribution in [3.05, 3.63) is 95.6 Å². The molecule has 3 aliphatic rings. The number of rotatable bonds is 7. The molecule has 0 bridgehead atoms. The van der Waals surface area contributed by atoms with Crippen molar-refractivity contribution in [1.29, 1.82) is 0 Å². The molecule has 8 heteroatoms. The zero-order valence-electron chi connectivity index (χ0n) is 21.6. The summed E-state index contributed by atoms with van der Waals surface area (Å²) in [5, 5.41) is 3.04. The summed E-state index contributed by atoms with van der Waals surface area (Å²) in [5.41, 5.74) is 2.45. The van der Waals surface area contributed by atoms with Gasteiger partial charge in [0.1, 0.15) is 6.04 Å². The number of carbonyl (C=O) groups is 3. The minimum Gasteiger partial charge on any atom is -0.469 e. The highest BCUT2D eigenvalue weighted by atomic mass is 16.7. The summed E-state index contributed by atoms with van der Waals surface area (Å²) in [5.74, 6) is -1.07. The van der Waals surface area contributed by atoms with E-state index in [-0.39, 0.29) is 31.1 Å². The van der Waals surface area contributed by atoms with Crippen LogP contribution in [0.1, 0.15) is 41.5 Å². The summed E-state index contributed by atoms with van der Waals surface area (Å²) >= 11 is 0. The number of carbonyl (C=O) groups excluding carboxylic acids is 3. The van der Waals surface area contributed by atoms with Crippen LogP contribution in [0, 0.1) is 11.8 Å². The highest BCUT2D eigenvalue weighted by Crippen LogP contribution is 2.52. The van der Waals surface area contributed by atoms with Gasteiger partial charge in [0, 0.05) is 18.4 Å². The Morgan fingerprint density at radius 1 is 0.897 bits per heavy atom. The second kappa shape index (κ2) is 10.4. The highest BCUT2D eigenvalue weighted by Gasteiger charge is 2.59. The molecule has 2 aliphatic heterocycles. The van der Waals surface area contributed by atoms with E-state index in [4.69, 9.17) is 14.2 Å². The van der Waals surface area contributed by atoms with Gasteiger partial charge in [0.15, 0.2) is 11.5 Å². The predicted molar refractivity (Wildman–Crippen MR) is 142 cm³/mol. The van der Waals surface area contributed by atoms with Gasteiger partial charge >= 0.3 is 5.97 Å². The summed E-state index contributed by atoms with van der Waals surface area (Å²) < 4.78 is 16.2. The second-order valence-corrected chi connectivity index (χ2v) is 10.2. The van der Waals surface area contributed by atoms with Crippen molar-refractivity contribution in [1.82, 2.24) is 10.2 Å². The lowest BCUT2D eigenvalue weighted by Crippen LogP contribution is -2.49. The lowest BCUT2D eigenvalue weighted by Gasteiger charge is -2.31. The van der Waals surface area contributed by atoms with Crippen LogP contribution >= 0.6 is 0 Å². The lowest BCUT2D eigenvalue weighted by atomic mass is 9.80. The number of esters is 1. The Balaban J connectivity index is 1.41. The molecule has 1 saturated heterocycles. The lowest BCUT2D eigenvalue weighted by molar-refractivity contribution is -0.148. The summed E-state index contributed by atoms with van der Waals surface area (Å²) in [6.45, 7) is 0.401. The van der Waals surface area contributed by atoms with Crippen LogP contribution in [-0.2, 0) is 25.7 Å². The number of nitrogens with zero attached hydrogens (tertiary/aromatic N) is 1. The molecule has 3 aromatic rings. The fourth-order valence-electron chi connectivity index (χ4n) is 5.86. The van der Waals surface area contributed by atoms with Gasteiger partial charge < -0.3 is 24.4 Å². The SMILES string of the molecule is COC(=O)C1C(c2ccccc2)C(C(=O)NCc2ccc3c(c2)OCO3)N(C(=O)C2CC2)C1c1ccccc1. The molecule has 0 spiro atoms. The maximum Gasteiger partial charge on any atom is 0.311 e. The van der Waals surface area contributed by atoms with Gasteiger partial charge in [-0.2, -0.15) is 0 Å². The van der Waals surface area contributed by atoms with Crippen molar-refractivity contribution in [2.24, 2.45) is 11.8 Å². The largest absolute Gasteiger partial charge is 0.469 e. The molecule has 4 unspecified atom stereocenters. The van der Waals surface area contributed by atoms with E-state index in [1.807, 2.05) is 78.9 Å². The number of ether oxygens (including phenoxy) is 3. The molecule has 3 aromatic carbocycles. The highest BCUT2D eigenvalue weighted by molar-refractivity contribution is 5.93. The summed E-state index contributed by atoms with van der Waals surface area (Å²) in [4.78, 5) is 43.2.